The van der Waals surface area contributed by atoms with Crippen LogP contribution >= 0.6 is 12.4 Å². The van der Waals surface area contributed by atoms with Gasteiger partial charge < -0.3 is 18.9 Å². The van der Waals surface area contributed by atoms with Crippen LogP contribution in [0, 0.1) is 0 Å². The van der Waals surface area contributed by atoms with Gasteiger partial charge in [-0.3, -0.25) is 0 Å². The molecule has 2 atom stereocenters. The summed E-state index contributed by atoms with van der Waals surface area (Å²) in [5, 5.41) is 0. The topological polar surface area (TPSA) is 36.9 Å². The molecular weight excluding hydrogens is 196 g/mol. The summed E-state index contributed by atoms with van der Waals surface area (Å²) in [7, 11) is 0. The third kappa shape index (κ3) is 3.07. The van der Waals surface area contributed by atoms with Gasteiger partial charge in [-0.15, -0.1) is 12.4 Å². The number of hydrogen-bond acceptors (Lipinski definition) is 4. The minimum Gasteiger partial charge on any atom is -0.376 e. The van der Waals surface area contributed by atoms with Crippen molar-refractivity contribution in [3.63, 3.8) is 0 Å². The molecule has 0 aliphatic carbocycles. The molecule has 2 rings (SSSR count). The van der Waals surface area contributed by atoms with Crippen LogP contribution in [0.5, 0.6) is 0 Å². The van der Waals surface area contributed by atoms with E-state index in [-0.39, 0.29) is 24.6 Å². The van der Waals surface area contributed by atoms with E-state index in [4.69, 9.17) is 18.9 Å². The van der Waals surface area contributed by atoms with Crippen molar-refractivity contribution in [2.24, 2.45) is 0 Å². The lowest BCUT2D eigenvalue weighted by atomic mass is 10.2. The lowest BCUT2D eigenvalue weighted by molar-refractivity contribution is -0.186. The molecule has 0 aromatic heterocycles. The van der Waals surface area contributed by atoms with E-state index in [1.807, 2.05) is 0 Å². The highest BCUT2D eigenvalue weighted by atomic mass is 35.5. The third-order valence-electron chi connectivity index (χ3n) is 2.10. The first-order valence-electron chi connectivity index (χ1n) is 4.35. The molecule has 0 aromatic rings. The molecule has 0 amide bonds. The van der Waals surface area contributed by atoms with Crippen LogP contribution in [0.15, 0.2) is 0 Å². The molecule has 0 bridgehead atoms. The van der Waals surface area contributed by atoms with E-state index in [1.54, 1.807) is 0 Å². The van der Waals surface area contributed by atoms with Crippen molar-refractivity contribution in [2.45, 2.75) is 12.2 Å². The van der Waals surface area contributed by atoms with Crippen molar-refractivity contribution in [1.82, 2.24) is 0 Å². The van der Waals surface area contributed by atoms with Gasteiger partial charge in [0.2, 0.25) is 0 Å². The van der Waals surface area contributed by atoms with Crippen molar-refractivity contribution >= 4 is 12.4 Å². The molecule has 5 heteroatoms. The van der Waals surface area contributed by atoms with Crippen molar-refractivity contribution in [3.8, 4) is 0 Å². The molecule has 78 valence electrons. The van der Waals surface area contributed by atoms with Gasteiger partial charge in [-0.05, 0) is 0 Å². The van der Waals surface area contributed by atoms with Crippen LogP contribution in [0.4, 0.5) is 0 Å². The monoisotopic (exact) mass is 210 g/mol. The number of rotatable bonds is 1. The summed E-state index contributed by atoms with van der Waals surface area (Å²) in [6.45, 7) is 4.01. The average molecular weight is 211 g/mol. The van der Waals surface area contributed by atoms with Crippen LogP contribution in [0.1, 0.15) is 0 Å². The van der Waals surface area contributed by atoms with Gasteiger partial charge in [-0.1, -0.05) is 0 Å². The van der Waals surface area contributed by atoms with Crippen LogP contribution in [0.25, 0.3) is 0 Å². The summed E-state index contributed by atoms with van der Waals surface area (Å²) in [5.41, 5.74) is 0. The zero-order chi connectivity index (χ0) is 8.23. The molecule has 2 unspecified atom stereocenters. The first kappa shape index (κ1) is 11.2. The summed E-state index contributed by atoms with van der Waals surface area (Å²) in [6, 6.07) is 0. The summed E-state index contributed by atoms with van der Waals surface area (Å²) in [5.74, 6) is 0. The smallest absolute Gasteiger partial charge is 0.109 e. The summed E-state index contributed by atoms with van der Waals surface area (Å²) in [4.78, 5) is 0. The predicted octanol–water partition coefficient (Wildman–Crippen LogP) is 0.239. The van der Waals surface area contributed by atoms with Crippen molar-refractivity contribution < 1.29 is 18.9 Å². The second-order valence-electron chi connectivity index (χ2n) is 2.97. The quantitative estimate of drug-likeness (QED) is 0.622. The van der Waals surface area contributed by atoms with Gasteiger partial charge >= 0.3 is 0 Å². The van der Waals surface area contributed by atoms with Gasteiger partial charge in [0, 0.05) is 0 Å². The molecular formula is C8H15ClO4. The molecule has 0 N–H and O–H groups in total. The van der Waals surface area contributed by atoms with Crippen molar-refractivity contribution in [1.29, 1.82) is 0 Å². The Labute approximate surface area is 83.9 Å². The number of hydrogen-bond donors (Lipinski definition) is 0. The lowest BCUT2D eigenvalue weighted by Crippen LogP contribution is -2.45. The fourth-order valence-corrected chi connectivity index (χ4v) is 1.44. The predicted molar refractivity (Wildman–Crippen MR) is 48.4 cm³/mol. The molecule has 2 heterocycles. The van der Waals surface area contributed by atoms with Gasteiger partial charge in [0.1, 0.15) is 12.2 Å². The molecule has 2 aliphatic rings. The lowest BCUT2D eigenvalue weighted by Gasteiger charge is -2.32. The largest absolute Gasteiger partial charge is 0.376 e. The first-order chi connectivity index (χ1) is 5.97. The first-order valence-corrected chi connectivity index (χ1v) is 4.35. The van der Waals surface area contributed by atoms with Gasteiger partial charge in [-0.2, -0.15) is 0 Å². The van der Waals surface area contributed by atoms with E-state index in [0.717, 1.165) is 0 Å². The molecule has 13 heavy (non-hydrogen) atoms. The maximum Gasteiger partial charge on any atom is 0.109 e. The van der Waals surface area contributed by atoms with E-state index in [9.17, 15) is 0 Å². The highest BCUT2D eigenvalue weighted by molar-refractivity contribution is 5.85. The standard InChI is InChI=1S/C8H14O4.ClH/c1-3-11-7(5-9-1)8-6-10-2-4-12-8;/h7-8H,1-6H2;1H. The molecule has 0 spiro atoms. The Bertz CT molecular complexity index is 116. The molecule has 0 saturated carbocycles. The van der Waals surface area contributed by atoms with Crippen LogP contribution < -0.4 is 0 Å². The minimum absolute atomic E-state index is 0. The van der Waals surface area contributed by atoms with Gasteiger partial charge in [-0.25, -0.2) is 0 Å². The fraction of sp³-hybridized carbons (Fsp3) is 1.00. The Kier molecular flexibility index (Phi) is 4.98. The summed E-state index contributed by atoms with van der Waals surface area (Å²) in [6.07, 6.45) is 0.137. The second kappa shape index (κ2) is 5.78. The Morgan fingerprint density at radius 2 is 1.15 bits per heavy atom. The Morgan fingerprint density at radius 3 is 1.46 bits per heavy atom. The minimum atomic E-state index is 0. The Balaban J connectivity index is 0.000000845. The normalized spacial score (nSPS) is 35.1. The van der Waals surface area contributed by atoms with Crippen LogP contribution in [-0.4, -0.2) is 51.8 Å². The van der Waals surface area contributed by atoms with Crippen molar-refractivity contribution in [2.75, 3.05) is 39.6 Å². The zero-order valence-electron chi connectivity index (χ0n) is 7.44. The number of halogens is 1. The highest BCUT2D eigenvalue weighted by Gasteiger charge is 2.27. The average Bonchev–Trinajstić information content (AvgIpc) is 2.21. The van der Waals surface area contributed by atoms with E-state index in [0.29, 0.717) is 39.6 Å². The maximum atomic E-state index is 5.49. The molecule has 0 radical (unpaired) electrons. The summed E-state index contributed by atoms with van der Waals surface area (Å²) < 4.78 is 21.5. The summed E-state index contributed by atoms with van der Waals surface area (Å²) >= 11 is 0. The van der Waals surface area contributed by atoms with Crippen LogP contribution in [0.2, 0.25) is 0 Å². The SMILES string of the molecule is C1COC(C2COCCO2)CO1.Cl. The number of ether oxygens (including phenoxy) is 4. The third-order valence-corrected chi connectivity index (χ3v) is 2.10. The van der Waals surface area contributed by atoms with Gasteiger partial charge in [0.25, 0.3) is 0 Å². The van der Waals surface area contributed by atoms with Crippen LogP contribution in [0.3, 0.4) is 0 Å². The highest BCUT2D eigenvalue weighted by Crippen LogP contribution is 2.12. The van der Waals surface area contributed by atoms with Crippen molar-refractivity contribution in [3.05, 3.63) is 0 Å². The Morgan fingerprint density at radius 1 is 0.692 bits per heavy atom. The van der Waals surface area contributed by atoms with E-state index in [2.05, 4.69) is 0 Å². The Hall–Kier alpha value is 0.130. The zero-order valence-corrected chi connectivity index (χ0v) is 8.26. The molecule has 2 saturated heterocycles. The molecule has 2 aliphatic heterocycles. The molecule has 0 aromatic carbocycles. The van der Waals surface area contributed by atoms with E-state index >= 15 is 0 Å². The molecule has 4 nitrogen and oxygen atoms in total. The van der Waals surface area contributed by atoms with Gasteiger partial charge in [0.15, 0.2) is 0 Å². The fourth-order valence-electron chi connectivity index (χ4n) is 1.44. The van der Waals surface area contributed by atoms with E-state index < -0.39 is 0 Å². The van der Waals surface area contributed by atoms with Crippen LogP contribution in [-0.2, 0) is 18.9 Å². The maximum absolute atomic E-state index is 5.49. The van der Waals surface area contributed by atoms with Gasteiger partial charge in [0.05, 0.1) is 39.6 Å². The second-order valence-corrected chi connectivity index (χ2v) is 2.97. The molecule has 2 fully saturated rings. The van der Waals surface area contributed by atoms with E-state index in [1.165, 1.54) is 0 Å².